The molecule has 0 atom stereocenters. The van der Waals surface area contributed by atoms with Crippen LogP contribution in [-0.2, 0) is 0 Å². The van der Waals surface area contributed by atoms with Crippen LogP contribution in [0.4, 0.5) is 0 Å². The zero-order valence-electron chi connectivity index (χ0n) is 31.2. The Hall–Kier alpha value is -4.76. The maximum absolute atomic E-state index is 5.91. The molecule has 4 aromatic heterocycles. The Morgan fingerprint density at radius 2 is 0.704 bits per heavy atom. The first-order chi connectivity index (χ1) is 26.6. The van der Waals surface area contributed by atoms with Crippen LogP contribution in [0.3, 0.4) is 0 Å². The van der Waals surface area contributed by atoms with Crippen LogP contribution in [0, 0.1) is 0 Å². The van der Waals surface area contributed by atoms with Gasteiger partial charge in [-0.3, -0.25) is 0 Å². The van der Waals surface area contributed by atoms with E-state index >= 15 is 0 Å². The summed E-state index contributed by atoms with van der Waals surface area (Å²) in [6.45, 7) is 8.76. The fourth-order valence-electron chi connectivity index (χ4n) is 5.83. The van der Waals surface area contributed by atoms with Crippen molar-refractivity contribution in [2.75, 3.05) is 19.8 Å². The maximum Gasteiger partial charge on any atom is 0.170 e. The van der Waals surface area contributed by atoms with E-state index in [0.717, 1.165) is 124 Å². The summed E-state index contributed by atoms with van der Waals surface area (Å²) in [7, 11) is 0. The van der Waals surface area contributed by atoms with Crippen LogP contribution in [0.2, 0.25) is 0 Å². The van der Waals surface area contributed by atoms with Crippen molar-refractivity contribution in [3.63, 3.8) is 0 Å². The highest BCUT2D eigenvalue weighted by Gasteiger charge is 2.16. The van der Waals surface area contributed by atoms with Crippen molar-refractivity contribution in [1.29, 1.82) is 0 Å². The van der Waals surface area contributed by atoms with Crippen LogP contribution in [0.5, 0.6) is 17.2 Å². The van der Waals surface area contributed by atoms with Gasteiger partial charge in [-0.15, -0.1) is 34.0 Å². The zero-order chi connectivity index (χ0) is 37.1. The van der Waals surface area contributed by atoms with E-state index in [4.69, 9.17) is 24.2 Å². The third-order valence-electron chi connectivity index (χ3n) is 8.99. The van der Waals surface area contributed by atoms with Crippen molar-refractivity contribution in [1.82, 2.24) is 9.97 Å². The molecule has 7 aromatic rings. The third kappa shape index (κ3) is 9.48. The molecule has 0 radical (unpaired) electrons. The molecular formula is C46H46N2O3S3. The molecule has 3 aromatic carbocycles. The summed E-state index contributed by atoms with van der Waals surface area (Å²) in [5.41, 5.74) is 5.31. The second-order valence-corrected chi connectivity index (χ2v) is 16.4. The largest absolute Gasteiger partial charge is 0.494 e. The summed E-state index contributed by atoms with van der Waals surface area (Å²) in [5, 5.41) is 0. The van der Waals surface area contributed by atoms with Gasteiger partial charge in [-0.1, -0.05) is 40.0 Å². The molecule has 0 saturated heterocycles. The molecule has 0 spiro atoms. The van der Waals surface area contributed by atoms with Gasteiger partial charge < -0.3 is 14.2 Å². The number of rotatable bonds is 18. The van der Waals surface area contributed by atoms with Gasteiger partial charge in [0, 0.05) is 14.6 Å². The van der Waals surface area contributed by atoms with E-state index in [1.807, 2.05) is 0 Å². The normalized spacial score (nSPS) is 11.2. The van der Waals surface area contributed by atoms with Crippen molar-refractivity contribution in [3.8, 4) is 80.4 Å². The van der Waals surface area contributed by atoms with Gasteiger partial charge in [0.05, 0.1) is 45.8 Å². The fourth-order valence-corrected chi connectivity index (χ4v) is 8.72. The smallest absolute Gasteiger partial charge is 0.170 e. The SMILES string of the molecule is CCCCOc1ccc(-c2ccc(-c3cc(-c4ccc(-c5ccc(OCCCC)cc5)s4)nc(-c4ccc(-c5ccc(OCCCC)cc5)s4)n3)s2)cc1. The summed E-state index contributed by atoms with van der Waals surface area (Å²) in [6, 6.07) is 40.4. The number of hydrogen-bond acceptors (Lipinski definition) is 8. The van der Waals surface area contributed by atoms with Gasteiger partial charge in [0.1, 0.15) is 17.2 Å². The number of hydrogen-bond donors (Lipinski definition) is 0. The molecule has 0 unspecified atom stereocenters. The van der Waals surface area contributed by atoms with Crippen molar-refractivity contribution in [3.05, 3.63) is 115 Å². The summed E-state index contributed by atoms with van der Waals surface area (Å²) in [6.07, 6.45) is 6.53. The molecule has 0 aliphatic carbocycles. The van der Waals surface area contributed by atoms with E-state index in [9.17, 15) is 0 Å². The lowest BCUT2D eigenvalue weighted by Crippen LogP contribution is -1.95. The van der Waals surface area contributed by atoms with E-state index < -0.39 is 0 Å². The second kappa shape index (κ2) is 18.5. The number of aromatic nitrogens is 2. The minimum Gasteiger partial charge on any atom is -0.494 e. The van der Waals surface area contributed by atoms with Crippen LogP contribution < -0.4 is 14.2 Å². The van der Waals surface area contributed by atoms with Crippen molar-refractivity contribution in [2.24, 2.45) is 0 Å². The predicted octanol–water partition coefficient (Wildman–Crippen LogP) is 14.2. The minimum atomic E-state index is 0.727. The average molecular weight is 771 g/mol. The lowest BCUT2D eigenvalue weighted by molar-refractivity contribution is 0.309. The number of benzene rings is 3. The quantitative estimate of drug-likeness (QED) is 0.0814. The van der Waals surface area contributed by atoms with Gasteiger partial charge >= 0.3 is 0 Å². The lowest BCUT2D eigenvalue weighted by Gasteiger charge is -2.07. The van der Waals surface area contributed by atoms with E-state index in [1.54, 1.807) is 34.0 Å². The first kappa shape index (κ1) is 37.6. The molecule has 5 nitrogen and oxygen atoms in total. The van der Waals surface area contributed by atoms with E-state index in [2.05, 4.69) is 136 Å². The Balaban J connectivity index is 1.18. The monoisotopic (exact) mass is 770 g/mol. The van der Waals surface area contributed by atoms with Gasteiger partial charge in [0.15, 0.2) is 5.82 Å². The lowest BCUT2D eigenvalue weighted by atomic mass is 10.1. The van der Waals surface area contributed by atoms with Gasteiger partial charge in [-0.2, -0.15) is 0 Å². The van der Waals surface area contributed by atoms with Gasteiger partial charge in [-0.05, 0) is 151 Å². The van der Waals surface area contributed by atoms with Crippen molar-refractivity contribution >= 4 is 34.0 Å². The molecule has 4 heterocycles. The topological polar surface area (TPSA) is 53.5 Å². The van der Waals surface area contributed by atoms with Crippen molar-refractivity contribution < 1.29 is 14.2 Å². The summed E-state index contributed by atoms with van der Waals surface area (Å²) in [5.74, 6) is 3.45. The van der Waals surface area contributed by atoms with Gasteiger partial charge in [-0.25, -0.2) is 9.97 Å². The molecule has 0 amide bonds. The molecule has 0 bridgehead atoms. The van der Waals surface area contributed by atoms with Crippen LogP contribution >= 0.6 is 34.0 Å². The van der Waals surface area contributed by atoms with Crippen molar-refractivity contribution in [2.45, 2.75) is 59.3 Å². The molecular weight excluding hydrogens is 725 g/mol. The Labute approximate surface area is 331 Å². The number of thiophene rings is 3. The number of unbranched alkanes of at least 4 members (excludes halogenated alkanes) is 3. The molecule has 54 heavy (non-hydrogen) atoms. The van der Waals surface area contributed by atoms with E-state index in [1.165, 1.54) is 14.6 Å². The number of nitrogens with zero attached hydrogens (tertiary/aromatic N) is 2. The Morgan fingerprint density at radius 1 is 0.389 bits per heavy atom. The van der Waals surface area contributed by atoms with Gasteiger partial charge in [0.25, 0.3) is 0 Å². The highest BCUT2D eigenvalue weighted by molar-refractivity contribution is 7.19. The molecule has 0 saturated carbocycles. The summed E-state index contributed by atoms with van der Waals surface area (Å²) in [4.78, 5) is 17.2. The van der Waals surface area contributed by atoms with Gasteiger partial charge in [0.2, 0.25) is 0 Å². The Bertz CT molecular complexity index is 1950. The molecule has 0 aliphatic heterocycles. The molecule has 0 fully saturated rings. The molecule has 0 aliphatic rings. The maximum atomic E-state index is 5.91. The molecule has 0 N–H and O–H groups in total. The first-order valence-corrected chi connectivity index (χ1v) is 21.4. The fraction of sp³-hybridized carbons (Fsp3) is 0.261. The van der Waals surface area contributed by atoms with Crippen LogP contribution in [0.15, 0.2) is 115 Å². The molecule has 7 rings (SSSR count). The number of ether oxygens (including phenoxy) is 3. The standard InChI is InChI=1S/C46H46N2O3S3/c1-4-7-28-49-35-16-10-32(11-17-35)40-22-25-43(52-40)38-31-39(44-26-23-41(53-44)33-12-18-36(19-13-33)50-29-8-5-2)48-46(47-38)45-27-24-42(54-45)34-14-20-37(21-15-34)51-30-9-6-3/h10-27,31H,4-9,28-30H2,1-3H3. The average Bonchev–Trinajstić information content (AvgIpc) is 4.02. The zero-order valence-corrected chi connectivity index (χ0v) is 33.6. The third-order valence-corrected chi connectivity index (χ3v) is 12.4. The van der Waals surface area contributed by atoms with E-state index in [0.29, 0.717) is 0 Å². The summed E-state index contributed by atoms with van der Waals surface area (Å²) < 4.78 is 17.7. The van der Waals surface area contributed by atoms with Crippen LogP contribution in [0.1, 0.15) is 59.3 Å². The van der Waals surface area contributed by atoms with E-state index in [-0.39, 0.29) is 0 Å². The highest BCUT2D eigenvalue weighted by Crippen LogP contribution is 2.41. The minimum absolute atomic E-state index is 0.727. The first-order valence-electron chi connectivity index (χ1n) is 19.0. The Morgan fingerprint density at radius 3 is 1.06 bits per heavy atom. The van der Waals surface area contributed by atoms with Crippen LogP contribution in [0.25, 0.3) is 63.2 Å². The second-order valence-electron chi connectivity index (χ2n) is 13.1. The Kier molecular flexibility index (Phi) is 12.9. The molecule has 8 heteroatoms. The highest BCUT2D eigenvalue weighted by atomic mass is 32.1. The molecule has 276 valence electrons. The predicted molar refractivity (Wildman–Crippen MR) is 229 cm³/mol. The van der Waals surface area contributed by atoms with Crippen LogP contribution in [-0.4, -0.2) is 29.8 Å². The summed E-state index contributed by atoms with van der Waals surface area (Å²) >= 11 is 5.21.